The fraction of sp³-hybridized carbons (Fsp3) is 0.286. The molecule has 3 aromatic rings. The molecule has 0 aliphatic carbocycles. The molecule has 0 radical (unpaired) electrons. The van der Waals surface area contributed by atoms with Gasteiger partial charge in [-0.05, 0) is 25.1 Å². The monoisotopic (exact) mass is 338 g/mol. The third-order valence-electron chi connectivity index (χ3n) is 3.34. The number of amides is 1. The molecule has 0 aromatic carbocycles. The van der Waals surface area contributed by atoms with Gasteiger partial charge in [0, 0.05) is 12.4 Å². The number of hydrogen-bond acceptors (Lipinski definition) is 4. The summed E-state index contributed by atoms with van der Waals surface area (Å²) in [4.78, 5) is 12.0. The molecule has 0 fully saturated rings. The number of aromatic nitrogens is 5. The lowest BCUT2D eigenvalue weighted by atomic mass is 10.3. The van der Waals surface area contributed by atoms with Crippen molar-refractivity contribution in [3.63, 3.8) is 0 Å². The van der Waals surface area contributed by atoms with Gasteiger partial charge in [0.25, 0.3) is 0 Å². The van der Waals surface area contributed by atoms with Crippen molar-refractivity contribution in [2.45, 2.75) is 25.7 Å². The Morgan fingerprint density at radius 1 is 1.25 bits per heavy atom. The first-order valence-corrected chi connectivity index (χ1v) is 7.04. The molecule has 1 atom stereocenters. The molecule has 3 heterocycles. The lowest BCUT2D eigenvalue weighted by Gasteiger charge is -2.12. The molecule has 0 bridgehead atoms. The predicted molar refractivity (Wildman–Crippen MR) is 76.8 cm³/mol. The molecule has 126 valence electrons. The first-order valence-electron chi connectivity index (χ1n) is 7.04. The van der Waals surface area contributed by atoms with Crippen LogP contribution in [0.15, 0.2) is 36.7 Å². The van der Waals surface area contributed by atoms with Gasteiger partial charge in [0.1, 0.15) is 6.54 Å². The molecular weight excluding hydrogens is 325 g/mol. The van der Waals surface area contributed by atoms with Gasteiger partial charge in [-0.25, -0.2) is 0 Å². The maximum absolute atomic E-state index is 12.5. The summed E-state index contributed by atoms with van der Waals surface area (Å²) >= 11 is 0. The van der Waals surface area contributed by atoms with E-state index in [1.165, 1.54) is 0 Å². The molecule has 10 heteroatoms. The largest absolute Gasteiger partial charge is 0.435 e. The van der Waals surface area contributed by atoms with Gasteiger partial charge >= 0.3 is 6.18 Å². The Hall–Kier alpha value is -2.91. The number of carbonyl (C=O) groups is 1. The summed E-state index contributed by atoms with van der Waals surface area (Å²) in [6.45, 7) is 1.39. The Morgan fingerprint density at radius 3 is 2.75 bits per heavy atom. The van der Waals surface area contributed by atoms with Crippen molar-refractivity contribution in [3.05, 3.63) is 48.2 Å². The van der Waals surface area contributed by atoms with Crippen molar-refractivity contribution in [2.24, 2.45) is 0 Å². The summed E-state index contributed by atoms with van der Waals surface area (Å²) < 4.78 is 40.1. The van der Waals surface area contributed by atoms with Gasteiger partial charge in [0.05, 0.1) is 6.04 Å². The van der Waals surface area contributed by atoms with Crippen molar-refractivity contribution in [1.29, 1.82) is 0 Å². The second-order valence-electron chi connectivity index (χ2n) is 5.17. The normalized spacial score (nSPS) is 13.2. The van der Waals surface area contributed by atoms with Gasteiger partial charge in [-0.15, -0.1) is 10.2 Å². The minimum Gasteiger partial charge on any atom is -0.345 e. The van der Waals surface area contributed by atoms with Crippen molar-refractivity contribution in [2.75, 3.05) is 0 Å². The van der Waals surface area contributed by atoms with Crippen LogP contribution >= 0.6 is 0 Å². The van der Waals surface area contributed by atoms with Gasteiger partial charge in [-0.3, -0.25) is 13.9 Å². The minimum absolute atomic E-state index is 0.322. The lowest BCUT2D eigenvalue weighted by molar-refractivity contribution is -0.141. The summed E-state index contributed by atoms with van der Waals surface area (Å²) in [7, 11) is 0. The average Bonchev–Trinajstić information content (AvgIpc) is 3.12. The van der Waals surface area contributed by atoms with E-state index in [9.17, 15) is 18.0 Å². The second kappa shape index (κ2) is 5.95. The van der Waals surface area contributed by atoms with Gasteiger partial charge in [0.15, 0.2) is 17.2 Å². The molecule has 1 amide bonds. The van der Waals surface area contributed by atoms with Crippen LogP contribution in [0.25, 0.3) is 5.65 Å². The number of rotatable bonds is 4. The number of fused-ring (bicyclic) bond motifs is 1. The van der Waals surface area contributed by atoms with Crippen LogP contribution in [0, 0.1) is 0 Å². The van der Waals surface area contributed by atoms with E-state index in [0.29, 0.717) is 11.5 Å². The van der Waals surface area contributed by atoms with Crippen molar-refractivity contribution in [3.8, 4) is 0 Å². The van der Waals surface area contributed by atoms with Crippen LogP contribution in [-0.4, -0.2) is 30.3 Å². The molecule has 3 aromatic heterocycles. The van der Waals surface area contributed by atoms with Gasteiger partial charge in [0.2, 0.25) is 5.91 Å². The van der Waals surface area contributed by atoms with Crippen LogP contribution < -0.4 is 5.32 Å². The number of halogens is 3. The zero-order valence-electron chi connectivity index (χ0n) is 12.5. The topological polar surface area (TPSA) is 77.1 Å². The SMILES string of the molecule is CC(NC(=O)Cn1ccc(C(F)(F)F)n1)c1nnc2ccccn12. The van der Waals surface area contributed by atoms with Crippen LogP contribution in [0.5, 0.6) is 0 Å². The van der Waals surface area contributed by atoms with Crippen LogP contribution in [-0.2, 0) is 17.5 Å². The molecule has 1 unspecified atom stereocenters. The van der Waals surface area contributed by atoms with Crippen LogP contribution in [0.3, 0.4) is 0 Å². The van der Waals surface area contributed by atoms with E-state index >= 15 is 0 Å². The van der Waals surface area contributed by atoms with Gasteiger partial charge < -0.3 is 5.32 Å². The maximum Gasteiger partial charge on any atom is 0.435 e. The molecular formula is C14H13F3N6O. The maximum atomic E-state index is 12.5. The van der Waals surface area contributed by atoms with Crippen LogP contribution in [0.2, 0.25) is 0 Å². The summed E-state index contributed by atoms with van der Waals surface area (Å²) in [6, 6.07) is 5.74. The summed E-state index contributed by atoms with van der Waals surface area (Å²) in [5.74, 6) is 0.0439. The predicted octanol–water partition coefficient (Wildman–Crippen LogP) is 1.82. The summed E-state index contributed by atoms with van der Waals surface area (Å²) in [5.41, 5.74) is -0.401. The smallest absolute Gasteiger partial charge is 0.345 e. The third kappa shape index (κ3) is 3.21. The Balaban J connectivity index is 1.67. The molecule has 0 aliphatic rings. The zero-order valence-corrected chi connectivity index (χ0v) is 12.5. The van der Waals surface area contributed by atoms with E-state index in [1.807, 2.05) is 6.07 Å². The number of carbonyl (C=O) groups excluding carboxylic acids is 1. The highest BCUT2D eigenvalue weighted by atomic mass is 19.4. The molecule has 0 saturated carbocycles. The Morgan fingerprint density at radius 2 is 2.04 bits per heavy atom. The van der Waals surface area contributed by atoms with Crippen molar-refractivity contribution in [1.82, 2.24) is 29.7 Å². The first-order chi connectivity index (χ1) is 11.3. The Labute approximate surface area is 134 Å². The molecule has 7 nitrogen and oxygen atoms in total. The lowest BCUT2D eigenvalue weighted by Crippen LogP contribution is -2.31. The molecule has 24 heavy (non-hydrogen) atoms. The van der Waals surface area contributed by atoms with E-state index in [4.69, 9.17) is 0 Å². The number of pyridine rings is 1. The highest BCUT2D eigenvalue weighted by molar-refractivity contribution is 5.76. The van der Waals surface area contributed by atoms with E-state index < -0.39 is 23.8 Å². The standard InChI is InChI=1S/C14H13F3N6O/c1-9(13-20-19-11-4-2-3-6-23(11)13)18-12(24)8-22-7-5-10(21-22)14(15,16)17/h2-7,9H,8H2,1H3,(H,18,24). The van der Waals surface area contributed by atoms with Crippen molar-refractivity contribution >= 4 is 11.6 Å². The van der Waals surface area contributed by atoms with Crippen LogP contribution in [0.1, 0.15) is 24.5 Å². The van der Waals surface area contributed by atoms with E-state index in [0.717, 1.165) is 16.9 Å². The Bertz CT molecular complexity index is 869. The highest BCUT2D eigenvalue weighted by Gasteiger charge is 2.33. The molecule has 0 spiro atoms. The summed E-state index contributed by atoms with van der Waals surface area (Å²) in [6.07, 6.45) is -1.66. The average molecular weight is 338 g/mol. The number of nitrogens with zero attached hydrogens (tertiary/aromatic N) is 5. The number of hydrogen-bond donors (Lipinski definition) is 1. The van der Waals surface area contributed by atoms with E-state index in [-0.39, 0.29) is 6.54 Å². The fourth-order valence-electron chi connectivity index (χ4n) is 2.25. The second-order valence-corrected chi connectivity index (χ2v) is 5.17. The molecule has 0 aliphatic heterocycles. The highest BCUT2D eigenvalue weighted by Crippen LogP contribution is 2.27. The number of nitrogens with one attached hydrogen (secondary N) is 1. The molecule has 3 rings (SSSR count). The number of alkyl halides is 3. The Kier molecular flexibility index (Phi) is 3.96. The van der Waals surface area contributed by atoms with Gasteiger partial charge in [-0.1, -0.05) is 6.07 Å². The quantitative estimate of drug-likeness (QED) is 0.787. The third-order valence-corrected chi connectivity index (χ3v) is 3.34. The van der Waals surface area contributed by atoms with Crippen LogP contribution in [0.4, 0.5) is 13.2 Å². The van der Waals surface area contributed by atoms with Gasteiger partial charge in [-0.2, -0.15) is 18.3 Å². The van der Waals surface area contributed by atoms with E-state index in [1.54, 1.807) is 29.7 Å². The zero-order chi connectivity index (χ0) is 17.3. The fourth-order valence-corrected chi connectivity index (χ4v) is 2.25. The molecule has 1 N–H and O–H groups in total. The summed E-state index contributed by atoms with van der Waals surface area (Å²) in [5, 5.41) is 14.0. The van der Waals surface area contributed by atoms with E-state index in [2.05, 4.69) is 20.6 Å². The minimum atomic E-state index is -4.53. The first kappa shape index (κ1) is 16.0. The van der Waals surface area contributed by atoms with Crippen molar-refractivity contribution < 1.29 is 18.0 Å². The molecule has 0 saturated heterocycles.